The van der Waals surface area contributed by atoms with Gasteiger partial charge in [-0.2, -0.15) is 0 Å². The Hall–Kier alpha value is -0.980. The smallest absolute Gasteiger partial charge is 0.0614 e. The molecule has 2 unspecified atom stereocenters. The normalized spacial score (nSPS) is 26.2. The van der Waals surface area contributed by atoms with Crippen molar-refractivity contribution in [1.82, 2.24) is 0 Å². The van der Waals surface area contributed by atoms with Crippen molar-refractivity contribution in [2.45, 2.75) is 69.6 Å². The summed E-state index contributed by atoms with van der Waals surface area (Å²) in [5.74, 6) is 0. The lowest BCUT2D eigenvalue weighted by Gasteiger charge is -2.54. The van der Waals surface area contributed by atoms with Crippen LogP contribution in [0.1, 0.15) is 59.9 Å². The van der Waals surface area contributed by atoms with E-state index in [1.54, 1.807) is 0 Å². The van der Waals surface area contributed by atoms with E-state index in [0.717, 1.165) is 10.6 Å². The summed E-state index contributed by atoms with van der Waals surface area (Å²) in [5.41, 5.74) is 2.72. The average molecular weight is 400 g/mol. The first-order chi connectivity index (χ1) is 12.5. The molecule has 2 aromatic rings. The van der Waals surface area contributed by atoms with Gasteiger partial charge in [0.05, 0.1) is 5.69 Å². The number of rotatable bonds is 2. The van der Waals surface area contributed by atoms with Crippen LogP contribution in [-0.4, -0.2) is 11.3 Å². The maximum absolute atomic E-state index is 5.67. The third-order valence-corrected chi connectivity index (χ3v) is 12.9. The van der Waals surface area contributed by atoms with Crippen LogP contribution in [0.25, 0.3) is 0 Å². The minimum atomic E-state index is -1.75. The van der Waals surface area contributed by atoms with Gasteiger partial charge in [0.25, 0.3) is 0 Å². The van der Waals surface area contributed by atoms with Gasteiger partial charge in [-0.15, -0.1) is 12.6 Å². The van der Waals surface area contributed by atoms with E-state index in [2.05, 4.69) is 109 Å². The monoisotopic (exact) mass is 399 g/mol. The molecule has 1 aliphatic heterocycles. The van der Waals surface area contributed by atoms with Gasteiger partial charge in [0.2, 0.25) is 0 Å². The minimum absolute atomic E-state index is 0.0789. The summed E-state index contributed by atoms with van der Waals surface area (Å²) < 4.78 is 5.67. The first kappa shape index (κ1) is 20.7. The molecule has 1 aliphatic rings. The summed E-state index contributed by atoms with van der Waals surface area (Å²) in [4.78, 5) is 1.03. The van der Waals surface area contributed by atoms with E-state index in [1.165, 1.54) is 24.6 Å². The topological polar surface area (TPSA) is 12.4 Å². The molecule has 2 atom stereocenters. The molecular formula is C24H34NPS. The van der Waals surface area contributed by atoms with Crippen LogP contribution in [-0.2, 0) is 5.16 Å². The zero-order chi connectivity index (χ0) is 19.9. The largest absolute Gasteiger partial charge is 0.266 e. The van der Waals surface area contributed by atoms with Crippen LogP contribution in [0, 0.1) is 5.41 Å². The molecule has 0 amide bonds. The first-order valence-electron chi connectivity index (χ1n) is 10.00. The third-order valence-electron chi connectivity index (χ3n) is 6.39. The van der Waals surface area contributed by atoms with Crippen LogP contribution in [0.2, 0.25) is 0 Å². The van der Waals surface area contributed by atoms with Crippen molar-refractivity contribution >= 4 is 25.4 Å². The molecule has 27 heavy (non-hydrogen) atoms. The molecule has 1 nitrogen and oxygen atoms in total. The summed E-state index contributed by atoms with van der Waals surface area (Å²) in [5, 5.41) is 0.224. The molecule has 0 bridgehead atoms. The van der Waals surface area contributed by atoms with Crippen LogP contribution < -0.4 is 0 Å². The lowest BCUT2D eigenvalue weighted by atomic mass is 9.73. The van der Waals surface area contributed by atoms with Gasteiger partial charge in [-0.25, -0.2) is 0 Å². The highest BCUT2D eigenvalue weighted by Crippen LogP contribution is 2.83. The van der Waals surface area contributed by atoms with E-state index in [4.69, 9.17) is 4.74 Å². The predicted molar refractivity (Wildman–Crippen MR) is 124 cm³/mol. The second-order valence-electron chi connectivity index (χ2n) is 9.86. The minimum Gasteiger partial charge on any atom is -0.266 e. The molecular weight excluding hydrogens is 365 g/mol. The molecule has 146 valence electrons. The Morgan fingerprint density at radius 2 is 1.48 bits per heavy atom. The lowest BCUT2D eigenvalue weighted by molar-refractivity contribution is 0.266. The molecule has 0 spiro atoms. The van der Waals surface area contributed by atoms with Crippen LogP contribution in [0.3, 0.4) is 0 Å². The number of nitrogens with zero attached hydrogens (tertiary/aromatic N) is 1. The maximum Gasteiger partial charge on any atom is 0.0614 e. The molecule has 1 saturated heterocycles. The zero-order valence-corrected chi connectivity index (χ0v) is 19.4. The molecule has 0 aliphatic carbocycles. The Morgan fingerprint density at radius 1 is 0.889 bits per heavy atom. The van der Waals surface area contributed by atoms with Crippen LogP contribution in [0.15, 0.2) is 64.2 Å². The Bertz CT molecular complexity index is 841. The Balaban J connectivity index is 2.40. The van der Waals surface area contributed by atoms with E-state index < -0.39 is 7.05 Å². The Kier molecular flexibility index (Phi) is 5.47. The maximum atomic E-state index is 5.67. The van der Waals surface area contributed by atoms with E-state index in [-0.39, 0.29) is 15.7 Å². The van der Waals surface area contributed by atoms with Crippen molar-refractivity contribution in [2.75, 3.05) is 6.16 Å². The highest BCUT2D eigenvalue weighted by atomic mass is 32.1. The van der Waals surface area contributed by atoms with Crippen LogP contribution in [0.4, 0.5) is 5.69 Å². The SMILES string of the molecule is CC(C)(C)C1(c2ccc(S)cc2)CCCP1(=Nc1ccccc1)C(C)(C)C. The fraction of sp³-hybridized carbons (Fsp3) is 0.500. The molecule has 0 radical (unpaired) electrons. The highest BCUT2D eigenvalue weighted by Gasteiger charge is 2.60. The van der Waals surface area contributed by atoms with Gasteiger partial charge >= 0.3 is 0 Å². The molecule has 2 aromatic carbocycles. The quantitative estimate of drug-likeness (QED) is 0.385. The molecule has 1 heterocycles. The summed E-state index contributed by atoms with van der Waals surface area (Å²) in [7, 11) is -1.75. The Morgan fingerprint density at radius 3 is 2.00 bits per heavy atom. The van der Waals surface area contributed by atoms with Gasteiger partial charge < -0.3 is 0 Å². The van der Waals surface area contributed by atoms with Crippen molar-refractivity contribution in [1.29, 1.82) is 0 Å². The second kappa shape index (κ2) is 7.12. The van der Waals surface area contributed by atoms with Gasteiger partial charge in [-0.05, 0) is 66.5 Å². The van der Waals surface area contributed by atoms with E-state index in [9.17, 15) is 0 Å². The molecule has 3 rings (SSSR count). The molecule has 3 heteroatoms. The molecule has 0 aromatic heterocycles. The highest BCUT2D eigenvalue weighted by molar-refractivity contribution is 7.80. The molecule has 0 N–H and O–H groups in total. The van der Waals surface area contributed by atoms with Gasteiger partial charge in [0.15, 0.2) is 0 Å². The van der Waals surface area contributed by atoms with E-state index in [0.29, 0.717) is 0 Å². The standard InChI is InChI=1S/C24H34NPS/c1-22(2,3)24(19-13-15-21(27)16-14-19)17-10-18-26(24,23(4,5)6)25-20-11-8-7-9-12-20/h7-9,11-16,27H,10,17-18H2,1-6H3. The molecule has 0 saturated carbocycles. The van der Waals surface area contributed by atoms with Gasteiger partial charge in [0, 0.05) is 10.1 Å². The fourth-order valence-corrected chi connectivity index (χ4v) is 11.6. The van der Waals surface area contributed by atoms with E-state index in [1.807, 2.05) is 0 Å². The number of thiol groups is 1. The summed E-state index contributed by atoms with van der Waals surface area (Å²) in [6.07, 6.45) is 3.69. The summed E-state index contributed by atoms with van der Waals surface area (Å²) in [6, 6.07) is 19.6. The average Bonchev–Trinajstić information content (AvgIpc) is 2.97. The van der Waals surface area contributed by atoms with Gasteiger partial charge in [-0.3, -0.25) is 4.74 Å². The number of hydrogen-bond acceptors (Lipinski definition) is 2. The number of benzene rings is 2. The summed E-state index contributed by atoms with van der Waals surface area (Å²) >= 11 is 4.54. The van der Waals surface area contributed by atoms with Crippen molar-refractivity contribution in [2.24, 2.45) is 10.2 Å². The molecule has 1 fully saturated rings. The summed E-state index contributed by atoms with van der Waals surface area (Å²) in [6.45, 7) is 14.5. The van der Waals surface area contributed by atoms with Crippen molar-refractivity contribution in [3.63, 3.8) is 0 Å². The van der Waals surface area contributed by atoms with Gasteiger partial charge in [-0.1, -0.05) is 71.9 Å². The van der Waals surface area contributed by atoms with Crippen molar-refractivity contribution in [3.05, 3.63) is 60.2 Å². The Labute approximate surface area is 171 Å². The van der Waals surface area contributed by atoms with Crippen molar-refractivity contribution in [3.8, 4) is 0 Å². The predicted octanol–water partition coefficient (Wildman–Crippen LogP) is 8.34. The van der Waals surface area contributed by atoms with Gasteiger partial charge in [0.1, 0.15) is 0 Å². The van der Waals surface area contributed by atoms with Crippen LogP contribution >= 0.6 is 19.7 Å². The zero-order valence-electron chi connectivity index (χ0n) is 17.7. The van der Waals surface area contributed by atoms with Crippen LogP contribution in [0.5, 0.6) is 0 Å². The third kappa shape index (κ3) is 3.34. The lowest BCUT2D eigenvalue weighted by Crippen LogP contribution is -2.42. The fourth-order valence-electron chi connectivity index (χ4n) is 5.28. The second-order valence-corrected chi connectivity index (χ2v) is 14.7. The first-order valence-corrected chi connectivity index (χ1v) is 12.4. The van der Waals surface area contributed by atoms with Crippen molar-refractivity contribution < 1.29 is 0 Å². The number of hydrogen-bond donors (Lipinski definition) is 1. The van der Waals surface area contributed by atoms with E-state index >= 15 is 0 Å².